The Bertz CT molecular complexity index is 863. The summed E-state index contributed by atoms with van der Waals surface area (Å²) in [5.41, 5.74) is 3.15. The quantitative estimate of drug-likeness (QED) is 0.792. The number of methoxy groups -OCH3 is 1. The SMILES string of the molecule is COc1cccc(NC(=O)CNS(=O)(=O)Cc2cc(C)ccc2C)c1. The van der Waals surface area contributed by atoms with Crippen molar-refractivity contribution in [2.24, 2.45) is 0 Å². The number of anilines is 1. The summed E-state index contributed by atoms with van der Waals surface area (Å²) in [6.45, 7) is 3.44. The molecule has 0 atom stereocenters. The number of carbonyl (C=O) groups is 1. The molecule has 0 aromatic heterocycles. The van der Waals surface area contributed by atoms with Crippen molar-refractivity contribution >= 4 is 21.6 Å². The Morgan fingerprint density at radius 3 is 2.60 bits per heavy atom. The molecule has 0 spiro atoms. The minimum atomic E-state index is -3.61. The second-order valence-corrected chi connectivity index (χ2v) is 7.60. The van der Waals surface area contributed by atoms with Gasteiger partial charge in [-0.1, -0.05) is 29.8 Å². The molecule has 0 heterocycles. The number of carbonyl (C=O) groups excluding carboxylic acids is 1. The van der Waals surface area contributed by atoms with Crippen LogP contribution in [0.4, 0.5) is 5.69 Å². The van der Waals surface area contributed by atoms with E-state index < -0.39 is 15.9 Å². The number of hydrogen-bond acceptors (Lipinski definition) is 4. The normalized spacial score (nSPS) is 11.2. The minimum absolute atomic E-state index is 0.160. The number of ether oxygens (including phenoxy) is 1. The monoisotopic (exact) mass is 362 g/mol. The van der Waals surface area contributed by atoms with Crippen LogP contribution in [0.15, 0.2) is 42.5 Å². The number of rotatable bonds is 7. The van der Waals surface area contributed by atoms with E-state index in [0.717, 1.165) is 16.7 Å². The fraction of sp³-hybridized carbons (Fsp3) is 0.278. The van der Waals surface area contributed by atoms with Crippen LogP contribution in [-0.4, -0.2) is 28.0 Å². The lowest BCUT2D eigenvalue weighted by Crippen LogP contribution is -2.33. The molecular weight excluding hydrogens is 340 g/mol. The van der Waals surface area contributed by atoms with Crippen molar-refractivity contribution in [2.75, 3.05) is 19.0 Å². The number of nitrogens with one attached hydrogen (secondary N) is 2. The maximum atomic E-state index is 12.2. The molecule has 2 aromatic rings. The Kier molecular flexibility index (Phi) is 6.17. The van der Waals surface area contributed by atoms with E-state index in [0.29, 0.717) is 11.4 Å². The van der Waals surface area contributed by atoms with Crippen molar-refractivity contribution in [3.63, 3.8) is 0 Å². The summed E-state index contributed by atoms with van der Waals surface area (Å²) < 4.78 is 31.8. The first-order chi connectivity index (χ1) is 11.8. The first-order valence-electron chi connectivity index (χ1n) is 7.76. The summed E-state index contributed by atoms with van der Waals surface area (Å²) in [6.07, 6.45) is 0. The summed E-state index contributed by atoms with van der Waals surface area (Å²) in [6, 6.07) is 12.5. The molecule has 0 fully saturated rings. The number of aryl methyl sites for hydroxylation is 2. The summed E-state index contributed by atoms with van der Waals surface area (Å²) in [4.78, 5) is 12.0. The average Bonchev–Trinajstić information content (AvgIpc) is 2.56. The standard InChI is InChI=1S/C18H22N2O4S/c1-13-7-8-14(2)15(9-13)12-25(22,23)19-11-18(21)20-16-5-4-6-17(10-16)24-3/h4-10,19H,11-12H2,1-3H3,(H,20,21). The molecule has 2 N–H and O–H groups in total. The molecule has 7 heteroatoms. The maximum Gasteiger partial charge on any atom is 0.239 e. The van der Waals surface area contributed by atoms with Gasteiger partial charge in [0.2, 0.25) is 15.9 Å². The second kappa shape index (κ2) is 8.13. The van der Waals surface area contributed by atoms with Gasteiger partial charge in [-0.15, -0.1) is 0 Å². The van der Waals surface area contributed by atoms with Crippen molar-refractivity contribution in [1.29, 1.82) is 0 Å². The average molecular weight is 362 g/mol. The molecule has 1 amide bonds. The third-order valence-corrected chi connectivity index (χ3v) is 4.93. The predicted molar refractivity (Wildman–Crippen MR) is 98.2 cm³/mol. The van der Waals surface area contributed by atoms with Gasteiger partial charge >= 0.3 is 0 Å². The highest BCUT2D eigenvalue weighted by atomic mass is 32.2. The van der Waals surface area contributed by atoms with Crippen molar-refractivity contribution < 1.29 is 17.9 Å². The topological polar surface area (TPSA) is 84.5 Å². The number of benzene rings is 2. The van der Waals surface area contributed by atoms with E-state index in [4.69, 9.17) is 4.74 Å². The second-order valence-electron chi connectivity index (χ2n) is 5.79. The lowest BCUT2D eigenvalue weighted by atomic mass is 10.1. The molecule has 0 radical (unpaired) electrons. The maximum absolute atomic E-state index is 12.2. The molecule has 0 aliphatic heterocycles. The van der Waals surface area contributed by atoms with Gasteiger partial charge in [0, 0.05) is 11.8 Å². The highest BCUT2D eigenvalue weighted by Crippen LogP contribution is 2.16. The molecular formula is C18H22N2O4S. The first kappa shape index (κ1) is 19.0. The molecule has 0 saturated heterocycles. The third kappa shape index (κ3) is 5.88. The Morgan fingerprint density at radius 1 is 1.12 bits per heavy atom. The van der Waals surface area contributed by atoms with Crippen molar-refractivity contribution in [3.05, 3.63) is 59.2 Å². The Labute approximate surface area is 148 Å². The highest BCUT2D eigenvalue weighted by molar-refractivity contribution is 7.88. The molecule has 25 heavy (non-hydrogen) atoms. The van der Waals surface area contributed by atoms with E-state index >= 15 is 0 Å². The van der Waals surface area contributed by atoms with Crippen molar-refractivity contribution in [2.45, 2.75) is 19.6 Å². The Morgan fingerprint density at radius 2 is 1.88 bits per heavy atom. The van der Waals surface area contributed by atoms with E-state index in [9.17, 15) is 13.2 Å². The van der Waals surface area contributed by atoms with E-state index in [2.05, 4.69) is 10.0 Å². The van der Waals surface area contributed by atoms with E-state index in [1.54, 1.807) is 24.3 Å². The lowest BCUT2D eigenvalue weighted by Gasteiger charge is -2.10. The van der Waals surface area contributed by atoms with Gasteiger partial charge in [0.15, 0.2) is 0 Å². The summed E-state index contributed by atoms with van der Waals surface area (Å²) in [5, 5.41) is 2.63. The van der Waals surface area contributed by atoms with Gasteiger partial charge < -0.3 is 10.1 Å². The largest absolute Gasteiger partial charge is 0.497 e. The van der Waals surface area contributed by atoms with Crippen LogP contribution >= 0.6 is 0 Å². The molecule has 0 bridgehead atoms. The van der Waals surface area contributed by atoms with Gasteiger partial charge in [0.05, 0.1) is 19.4 Å². The molecule has 6 nitrogen and oxygen atoms in total. The number of hydrogen-bond donors (Lipinski definition) is 2. The molecule has 0 saturated carbocycles. The van der Waals surface area contributed by atoms with E-state index in [1.807, 2.05) is 32.0 Å². The molecule has 0 aliphatic rings. The van der Waals surface area contributed by atoms with Gasteiger partial charge in [0.1, 0.15) is 5.75 Å². The van der Waals surface area contributed by atoms with Crippen molar-refractivity contribution in [3.8, 4) is 5.75 Å². The lowest BCUT2D eigenvalue weighted by molar-refractivity contribution is -0.115. The van der Waals surface area contributed by atoms with Gasteiger partial charge in [-0.05, 0) is 37.1 Å². The van der Waals surface area contributed by atoms with E-state index in [-0.39, 0.29) is 12.3 Å². The summed E-state index contributed by atoms with van der Waals surface area (Å²) in [7, 11) is -2.08. The first-order valence-corrected chi connectivity index (χ1v) is 9.41. The molecule has 134 valence electrons. The number of amides is 1. The van der Waals surface area contributed by atoms with Crippen LogP contribution in [0.5, 0.6) is 5.75 Å². The molecule has 2 rings (SSSR count). The highest BCUT2D eigenvalue weighted by Gasteiger charge is 2.15. The summed E-state index contributed by atoms with van der Waals surface area (Å²) >= 11 is 0. The van der Waals surface area contributed by atoms with Gasteiger partial charge in [-0.3, -0.25) is 4.79 Å². The smallest absolute Gasteiger partial charge is 0.239 e. The zero-order valence-corrected chi connectivity index (χ0v) is 15.3. The van der Waals surface area contributed by atoms with Crippen LogP contribution in [0.2, 0.25) is 0 Å². The molecule has 0 unspecified atom stereocenters. The Hall–Kier alpha value is -2.38. The van der Waals surface area contributed by atoms with Gasteiger partial charge in [-0.25, -0.2) is 13.1 Å². The van der Waals surface area contributed by atoms with Gasteiger partial charge in [-0.2, -0.15) is 0 Å². The molecule has 2 aromatic carbocycles. The van der Waals surface area contributed by atoms with Crippen LogP contribution in [0, 0.1) is 13.8 Å². The van der Waals surface area contributed by atoms with Crippen LogP contribution in [-0.2, 0) is 20.6 Å². The van der Waals surface area contributed by atoms with Crippen molar-refractivity contribution in [1.82, 2.24) is 4.72 Å². The zero-order chi connectivity index (χ0) is 18.4. The summed E-state index contributed by atoms with van der Waals surface area (Å²) in [5.74, 6) is -0.00135. The minimum Gasteiger partial charge on any atom is -0.497 e. The fourth-order valence-electron chi connectivity index (χ4n) is 2.29. The fourth-order valence-corrected chi connectivity index (χ4v) is 3.47. The van der Waals surface area contributed by atoms with Crippen LogP contribution in [0.25, 0.3) is 0 Å². The van der Waals surface area contributed by atoms with Crippen LogP contribution in [0.3, 0.4) is 0 Å². The Balaban J connectivity index is 1.94. The zero-order valence-electron chi connectivity index (χ0n) is 14.5. The van der Waals surface area contributed by atoms with Crippen LogP contribution in [0.1, 0.15) is 16.7 Å². The third-order valence-electron chi connectivity index (χ3n) is 3.66. The van der Waals surface area contributed by atoms with Crippen LogP contribution < -0.4 is 14.8 Å². The molecule has 0 aliphatic carbocycles. The number of sulfonamides is 1. The van der Waals surface area contributed by atoms with Gasteiger partial charge in [0.25, 0.3) is 0 Å². The predicted octanol–water partition coefficient (Wildman–Crippen LogP) is 2.37. The van der Waals surface area contributed by atoms with E-state index in [1.165, 1.54) is 7.11 Å².